The molecule has 0 amide bonds. The van der Waals surface area contributed by atoms with Crippen LogP contribution in [-0.4, -0.2) is 81.6 Å². The number of phenols is 2. The van der Waals surface area contributed by atoms with Crippen LogP contribution >= 0.6 is 0 Å². The molecule has 212 valence electrons. The molecule has 40 heavy (non-hydrogen) atoms. The van der Waals surface area contributed by atoms with Crippen LogP contribution in [-0.2, 0) is 38.9 Å². The SMILES string of the molecule is C[C@@H]1O[C@H](O[C@@H]2C[C@@H]3O[C@@H](C)[C@@]2(O)c2c(O)c4c(c(O)c23)C(=O)C2=C(C4=O)[C@H](C)O[C@@H]3CC(=O)O[C@@H]23)CCC1=O. The molecule has 0 saturated carbocycles. The van der Waals surface area contributed by atoms with Crippen LogP contribution in [0.4, 0.5) is 0 Å². The van der Waals surface area contributed by atoms with Crippen molar-refractivity contribution in [1.82, 2.24) is 0 Å². The Labute approximate surface area is 227 Å². The van der Waals surface area contributed by atoms with Gasteiger partial charge in [-0.3, -0.25) is 19.2 Å². The predicted octanol–water partition coefficient (Wildman–Crippen LogP) is 1.41. The Kier molecular flexibility index (Phi) is 5.43. The molecule has 12 heteroatoms. The minimum Gasteiger partial charge on any atom is -0.507 e. The second kappa shape index (κ2) is 8.43. The maximum Gasteiger partial charge on any atom is 0.309 e. The summed E-state index contributed by atoms with van der Waals surface area (Å²) in [4.78, 5) is 51.7. The Morgan fingerprint density at radius 1 is 0.900 bits per heavy atom. The summed E-state index contributed by atoms with van der Waals surface area (Å²) in [5, 5.41) is 35.2. The smallest absolute Gasteiger partial charge is 0.309 e. The first-order valence-electron chi connectivity index (χ1n) is 13.5. The van der Waals surface area contributed by atoms with E-state index in [2.05, 4.69) is 0 Å². The van der Waals surface area contributed by atoms with Crippen LogP contribution in [0.1, 0.15) is 84.4 Å². The van der Waals surface area contributed by atoms with Gasteiger partial charge >= 0.3 is 5.97 Å². The number of Topliss-reactive ketones (excluding diaryl/α,β-unsaturated/α-hetero) is 3. The summed E-state index contributed by atoms with van der Waals surface area (Å²) in [6.07, 6.45) is -6.57. The zero-order chi connectivity index (χ0) is 28.4. The van der Waals surface area contributed by atoms with E-state index in [1.165, 1.54) is 0 Å². The molecule has 0 unspecified atom stereocenters. The van der Waals surface area contributed by atoms with Crippen molar-refractivity contribution in [3.8, 4) is 11.5 Å². The molecule has 1 aromatic rings. The van der Waals surface area contributed by atoms with Gasteiger partial charge in [-0.25, -0.2) is 0 Å². The number of aliphatic hydroxyl groups is 1. The van der Waals surface area contributed by atoms with E-state index in [1.807, 2.05) is 0 Å². The third kappa shape index (κ3) is 3.19. The highest BCUT2D eigenvalue weighted by molar-refractivity contribution is 6.30. The zero-order valence-corrected chi connectivity index (χ0v) is 22.0. The third-order valence-electron chi connectivity index (χ3n) is 9.13. The molecule has 0 spiro atoms. The van der Waals surface area contributed by atoms with Crippen LogP contribution in [0.15, 0.2) is 11.1 Å². The van der Waals surface area contributed by atoms with Gasteiger partial charge in [-0.05, 0) is 20.8 Å². The average Bonchev–Trinajstić information content (AvgIpc) is 3.26. The quantitative estimate of drug-likeness (QED) is 0.353. The van der Waals surface area contributed by atoms with E-state index in [9.17, 15) is 34.5 Å². The number of ether oxygens (including phenoxy) is 5. The summed E-state index contributed by atoms with van der Waals surface area (Å²) >= 11 is 0. The van der Waals surface area contributed by atoms with E-state index < -0.39 is 94.8 Å². The van der Waals surface area contributed by atoms with Gasteiger partial charge in [-0.2, -0.15) is 0 Å². The highest BCUT2D eigenvalue weighted by Crippen LogP contribution is 2.60. The topological polar surface area (TPSA) is 175 Å². The van der Waals surface area contributed by atoms with Crippen LogP contribution in [0.3, 0.4) is 0 Å². The van der Waals surface area contributed by atoms with Crippen molar-refractivity contribution in [2.75, 3.05) is 0 Å². The van der Waals surface area contributed by atoms with Crippen LogP contribution in [0.5, 0.6) is 11.5 Å². The lowest BCUT2D eigenvalue weighted by Crippen LogP contribution is -2.60. The van der Waals surface area contributed by atoms with Crippen molar-refractivity contribution in [3.05, 3.63) is 33.4 Å². The van der Waals surface area contributed by atoms with Crippen molar-refractivity contribution in [1.29, 1.82) is 0 Å². The largest absolute Gasteiger partial charge is 0.507 e. The van der Waals surface area contributed by atoms with Gasteiger partial charge in [-0.15, -0.1) is 0 Å². The van der Waals surface area contributed by atoms with Gasteiger partial charge in [-0.1, -0.05) is 0 Å². The monoisotopic (exact) mass is 556 g/mol. The number of hydrogen-bond acceptors (Lipinski definition) is 12. The molecule has 1 aromatic carbocycles. The molecule has 12 nitrogen and oxygen atoms in total. The molecule has 2 aliphatic carbocycles. The fourth-order valence-electron chi connectivity index (χ4n) is 7.20. The first-order chi connectivity index (χ1) is 18.9. The predicted molar refractivity (Wildman–Crippen MR) is 130 cm³/mol. The third-order valence-corrected chi connectivity index (χ3v) is 9.13. The molecular weight excluding hydrogens is 528 g/mol. The number of aromatic hydroxyl groups is 2. The van der Waals surface area contributed by atoms with Gasteiger partial charge < -0.3 is 39.0 Å². The molecule has 3 fully saturated rings. The van der Waals surface area contributed by atoms with E-state index in [1.54, 1.807) is 20.8 Å². The molecule has 0 radical (unpaired) electrons. The number of phenolic OH excluding ortho intramolecular Hbond substituents is 2. The number of carbonyl (C=O) groups excluding carboxylic acids is 4. The summed E-state index contributed by atoms with van der Waals surface area (Å²) in [7, 11) is 0. The van der Waals surface area contributed by atoms with E-state index in [4.69, 9.17) is 23.7 Å². The van der Waals surface area contributed by atoms with Crippen molar-refractivity contribution < 1.29 is 58.2 Å². The average molecular weight is 557 g/mol. The Morgan fingerprint density at radius 2 is 1.60 bits per heavy atom. The number of rotatable bonds is 2. The summed E-state index contributed by atoms with van der Waals surface area (Å²) in [6.45, 7) is 4.76. The van der Waals surface area contributed by atoms with Crippen molar-refractivity contribution in [2.45, 2.75) is 101 Å². The number of carbonyl (C=O) groups is 4. The summed E-state index contributed by atoms with van der Waals surface area (Å²) < 4.78 is 28.9. The Morgan fingerprint density at radius 3 is 2.33 bits per heavy atom. The van der Waals surface area contributed by atoms with Gasteiger partial charge in [0.1, 0.15) is 29.3 Å². The van der Waals surface area contributed by atoms with E-state index in [0.29, 0.717) is 0 Å². The van der Waals surface area contributed by atoms with Gasteiger partial charge in [0.15, 0.2) is 29.7 Å². The number of esters is 1. The molecule has 5 aliphatic heterocycles. The Hall–Kier alpha value is -3.16. The van der Waals surface area contributed by atoms with Crippen molar-refractivity contribution >= 4 is 23.3 Å². The molecule has 8 rings (SSSR count). The molecule has 3 N–H and O–H groups in total. The molecule has 0 aromatic heterocycles. The van der Waals surface area contributed by atoms with Gasteiger partial charge in [0.05, 0.1) is 47.5 Å². The second-order valence-corrected chi connectivity index (χ2v) is 11.3. The maximum atomic E-state index is 13.9. The molecular formula is C28H28O12. The fraction of sp³-hybridized carbons (Fsp3) is 0.571. The molecule has 3 saturated heterocycles. The molecule has 7 aliphatic rings. The minimum atomic E-state index is -2.03. The first-order valence-corrected chi connectivity index (χ1v) is 13.5. The number of ketones is 3. The summed E-state index contributed by atoms with van der Waals surface area (Å²) in [5.74, 6) is -3.41. The zero-order valence-electron chi connectivity index (χ0n) is 22.0. The van der Waals surface area contributed by atoms with Gasteiger partial charge in [0.2, 0.25) is 0 Å². The Balaban J connectivity index is 1.35. The lowest BCUT2D eigenvalue weighted by molar-refractivity contribution is -0.301. The second-order valence-electron chi connectivity index (χ2n) is 11.3. The van der Waals surface area contributed by atoms with Gasteiger partial charge in [0.25, 0.3) is 0 Å². The number of fused-ring (bicyclic) bond motifs is 5. The summed E-state index contributed by atoms with van der Waals surface area (Å²) in [5.41, 5.74) is -3.22. The van der Waals surface area contributed by atoms with Crippen LogP contribution < -0.4 is 0 Å². The normalized spacial score (nSPS) is 40.0. The van der Waals surface area contributed by atoms with E-state index >= 15 is 0 Å². The minimum absolute atomic E-state index is 0.00455. The molecule has 2 bridgehead atoms. The highest BCUT2D eigenvalue weighted by Gasteiger charge is 2.62. The van der Waals surface area contributed by atoms with Crippen LogP contribution in [0.25, 0.3) is 0 Å². The fourth-order valence-corrected chi connectivity index (χ4v) is 7.20. The van der Waals surface area contributed by atoms with Gasteiger partial charge in [0, 0.05) is 36.0 Å². The molecule has 9 atom stereocenters. The van der Waals surface area contributed by atoms with Crippen LogP contribution in [0, 0.1) is 0 Å². The summed E-state index contributed by atoms with van der Waals surface area (Å²) in [6, 6.07) is 0. The van der Waals surface area contributed by atoms with E-state index in [-0.39, 0.29) is 53.7 Å². The van der Waals surface area contributed by atoms with Crippen molar-refractivity contribution in [2.24, 2.45) is 0 Å². The lowest BCUT2D eigenvalue weighted by Gasteiger charge is -2.54. The Bertz CT molecular complexity index is 1440. The maximum absolute atomic E-state index is 13.9. The van der Waals surface area contributed by atoms with Crippen molar-refractivity contribution in [3.63, 3.8) is 0 Å². The van der Waals surface area contributed by atoms with Crippen LogP contribution in [0.2, 0.25) is 0 Å². The molecule has 5 heterocycles. The lowest BCUT2D eigenvalue weighted by atomic mass is 9.66. The number of hydrogen-bond donors (Lipinski definition) is 3. The standard InChI is InChI=1S/C28H28O12/c1-8-11(29)4-5-16(37-8)39-14-6-12-18-22(28(14,35)10(3)38-12)26(34)20-19(24(18)32)25(33)21-17(23(20)31)9(2)36-13-7-15(30)40-27(13)21/h8-10,12-14,16,27,32,34-35H,4-7H2,1-3H3/t8-,9-,10-,12-,13+,14+,16+,27+,28-/m0/s1. The van der Waals surface area contributed by atoms with E-state index in [0.717, 1.165) is 0 Å². The number of benzene rings is 1. The highest BCUT2D eigenvalue weighted by atomic mass is 16.7. The first kappa shape index (κ1) is 25.8.